The van der Waals surface area contributed by atoms with Crippen LogP contribution in [0.15, 0.2) is 79.4 Å². The van der Waals surface area contributed by atoms with Gasteiger partial charge in [-0.3, -0.25) is 10.1 Å². The maximum Gasteiger partial charge on any atom is 0.333 e. The average Bonchev–Trinajstić information content (AvgIpc) is 2.89. The monoisotopic (exact) mass is 473 g/mol. The van der Waals surface area contributed by atoms with Crippen molar-refractivity contribution in [3.63, 3.8) is 0 Å². The van der Waals surface area contributed by atoms with E-state index in [4.69, 9.17) is 19.5 Å². The second-order valence-corrected chi connectivity index (χ2v) is 7.28. The molecule has 178 valence electrons. The van der Waals surface area contributed by atoms with Crippen molar-refractivity contribution >= 4 is 17.3 Å². The number of carbonyl (C=O) groups excluding carboxylic acids is 1. The number of hydrogen-bond donors (Lipinski definition) is 1. The number of rotatable bonds is 11. The number of anilines is 1. The molecule has 3 aromatic rings. The number of nitriles is 1. The number of nitrogens with one attached hydrogen (secondary N) is 1. The first kappa shape index (κ1) is 24.8. The summed E-state index contributed by atoms with van der Waals surface area (Å²) < 4.78 is 16.4. The van der Waals surface area contributed by atoms with Crippen molar-refractivity contribution in [3.8, 4) is 17.6 Å². The number of carbonyl (C=O) groups is 1. The predicted octanol–water partition coefficient (Wildman–Crippen LogP) is 4.94. The van der Waals surface area contributed by atoms with Crippen molar-refractivity contribution in [3.05, 3.63) is 106 Å². The lowest BCUT2D eigenvalue weighted by Crippen LogP contribution is -2.24. The van der Waals surface area contributed by atoms with Gasteiger partial charge in [-0.1, -0.05) is 43.0 Å². The summed E-state index contributed by atoms with van der Waals surface area (Å²) in [5.41, 5.74) is 1.43. The van der Waals surface area contributed by atoms with Gasteiger partial charge in [-0.25, -0.2) is 4.79 Å². The summed E-state index contributed by atoms with van der Waals surface area (Å²) in [5.74, 6) is -0.384. The third-order valence-electron chi connectivity index (χ3n) is 4.96. The van der Waals surface area contributed by atoms with Crippen molar-refractivity contribution in [1.29, 1.82) is 5.26 Å². The molecule has 0 aliphatic carbocycles. The number of ether oxygens (including phenoxy) is 3. The van der Waals surface area contributed by atoms with E-state index in [0.717, 1.165) is 5.56 Å². The van der Waals surface area contributed by atoms with Crippen LogP contribution in [-0.4, -0.2) is 24.6 Å². The third kappa shape index (κ3) is 6.36. The van der Waals surface area contributed by atoms with Gasteiger partial charge in [0.1, 0.15) is 13.2 Å². The van der Waals surface area contributed by atoms with E-state index in [0.29, 0.717) is 11.3 Å². The molecule has 35 heavy (non-hydrogen) atoms. The summed E-state index contributed by atoms with van der Waals surface area (Å²) in [6.07, 6.45) is 1.40. The van der Waals surface area contributed by atoms with Gasteiger partial charge in [0, 0.05) is 5.69 Å². The van der Waals surface area contributed by atoms with Gasteiger partial charge in [-0.05, 0) is 35.9 Å². The molecule has 9 heteroatoms. The fraction of sp³-hybridized carbons (Fsp3) is 0.154. The maximum absolute atomic E-state index is 12.9. The van der Waals surface area contributed by atoms with Crippen molar-refractivity contribution in [1.82, 2.24) is 0 Å². The SMILES string of the molecule is C=CCOC(=O)C(Nc1ccc(C#N)cc1)c1cc(OC)c(OCc2ccccc2)cc1[N+](=O)[O-]. The van der Waals surface area contributed by atoms with Crippen LogP contribution in [0.4, 0.5) is 11.4 Å². The molecule has 0 saturated heterocycles. The molecule has 0 bridgehead atoms. The highest BCUT2D eigenvalue weighted by molar-refractivity contribution is 5.83. The Bertz CT molecular complexity index is 1240. The summed E-state index contributed by atoms with van der Waals surface area (Å²) in [4.78, 5) is 24.3. The van der Waals surface area contributed by atoms with Crippen LogP contribution in [0.25, 0.3) is 0 Å². The summed E-state index contributed by atoms with van der Waals surface area (Å²) in [6.45, 7) is 3.62. The van der Waals surface area contributed by atoms with Crippen molar-refractivity contribution in [2.45, 2.75) is 12.6 Å². The number of nitro groups is 1. The molecule has 1 atom stereocenters. The van der Waals surface area contributed by atoms with Gasteiger partial charge < -0.3 is 19.5 Å². The minimum Gasteiger partial charge on any atom is -0.493 e. The summed E-state index contributed by atoms with van der Waals surface area (Å²) in [7, 11) is 1.40. The lowest BCUT2D eigenvalue weighted by Gasteiger charge is -2.20. The van der Waals surface area contributed by atoms with Crippen LogP contribution in [-0.2, 0) is 16.1 Å². The lowest BCUT2D eigenvalue weighted by atomic mass is 10.0. The predicted molar refractivity (Wildman–Crippen MR) is 129 cm³/mol. The van der Waals surface area contributed by atoms with E-state index in [1.807, 2.05) is 36.4 Å². The van der Waals surface area contributed by atoms with E-state index in [-0.39, 0.29) is 36.0 Å². The van der Waals surface area contributed by atoms with Gasteiger partial charge in [0.15, 0.2) is 17.5 Å². The van der Waals surface area contributed by atoms with E-state index in [1.54, 1.807) is 24.3 Å². The Labute approximate surface area is 202 Å². The molecule has 0 heterocycles. The molecule has 1 N–H and O–H groups in total. The van der Waals surface area contributed by atoms with Crippen LogP contribution in [0.2, 0.25) is 0 Å². The molecule has 0 aliphatic heterocycles. The Morgan fingerprint density at radius 2 is 1.89 bits per heavy atom. The second-order valence-electron chi connectivity index (χ2n) is 7.28. The average molecular weight is 473 g/mol. The van der Waals surface area contributed by atoms with Crippen LogP contribution < -0.4 is 14.8 Å². The van der Waals surface area contributed by atoms with Crippen molar-refractivity contribution in [2.75, 3.05) is 19.0 Å². The van der Waals surface area contributed by atoms with Gasteiger partial charge in [0.25, 0.3) is 5.69 Å². The highest BCUT2D eigenvalue weighted by atomic mass is 16.6. The van der Waals surface area contributed by atoms with Crippen molar-refractivity contribution in [2.24, 2.45) is 0 Å². The van der Waals surface area contributed by atoms with E-state index in [9.17, 15) is 14.9 Å². The molecular weight excluding hydrogens is 450 g/mol. The number of nitrogens with zero attached hydrogens (tertiary/aromatic N) is 2. The van der Waals surface area contributed by atoms with E-state index in [1.165, 1.54) is 25.3 Å². The van der Waals surface area contributed by atoms with Gasteiger partial charge in [0.2, 0.25) is 0 Å². The molecule has 0 aliphatic rings. The Hall–Kier alpha value is -4.84. The molecule has 0 aromatic heterocycles. The number of esters is 1. The summed E-state index contributed by atoms with van der Waals surface area (Å²) >= 11 is 0. The molecule has 3 aromatic carbocycles. The van der Waals surface area contributed by atoms with Gasteiger partial charge in [-0.15, -0.1) is 0 Å². The molecule has 0 spiro atoms. The normalized spacial score (nSPS) is 11.0. The maximum atomic E-state index is 12.9. The summed E-state index contributed by atoms with van der Waals surface area (Å²) in [5, 5.41) is 24.0. The molecule has 0 amide bonds. The first-order valence-electron chi connectivity index (χ1n) is 10.5. The largest absolute Gasteiger partial charge is 0.493 e. The Morgan fingerprint density at radius 3 is 2.49 bits per heavy atom. The van der Waals surface area contributed by atoms with Crippen LogP contribution >= 0.6 is 0 Å². The molecular formula is C26H23N3O6. The minimum absolute atomic E-state index is 0.0253. The van der Waals surface area contributed by atoms with Crippen LogP contribution in [0, 0.1) is 21.4 Å². The van der Waals surface area contributed by atoms with E-state index in [2.05, 4.69) is 11.9 Å². The molecule has 3 rings (SSSR count). The molecule has 9 nitrogen and oxygen atoms in total. The molecule has 1 unspecified atom stereocenters. The first-order chi connectivity index (χ1) is 17.0. The third-order valence-corrected chi connectivity index (χ3v) is 4.96. The Balaban J connectivity index is 2.02. The molecule has 0 fully saturated rings. The van der Waals surface area contributed by atoms with Gasteiger partial charge in [-0.2, -0.15) is 5.26 Å². The quantitative estimate of drug-likeness (QED) is 0.180. The topological polar surface area (TPSA) is 124 Å². The highest BCUT2D eigenvalue weighted by Gasteiger charge is 2.32. The fourth-order valence-corrected chi connectivity index (χ4v) is 3.26. The van der Waals surface area contributed by atoms with Gasteiger partial charge >= 0.3 is 5.97 Å². The zero-order valence-corrected chi connectivity index (χ0v) is 19.0. The van der Waals surface area contributed by atoms with E-state index < -0.39 is 16.9 Å². The second kappa shape index (κ2) is 11.9. The van der Waals surface area contributed by atoms with E-state index >= 15 is 0 Å². The molecule has 0 radical (unpaired) electrons. The molecule has 0 saturated carbocycles. The zero-order chi connectivity index (χ0) is 25.2. The Kier molecular flexibility index (Phi) is 8.40. The number of nitro benzene ring substituents is 1. The van der Waals surface area contributed by atoms with Crippen LogP contribution in [0.5, 0.6) is 11.5 Å². The highest BCUT2D eigenvalue weighted by Crippen LogP contribution is 2.39. The number of methoxy groups -OCH3 is 1. The van der Waals surface area contributed by atoms with Crippen LogP contribution in [0.1, 0.15) is 22.7 Å². The minimum atomic E-state index is -1.25. The van der Waals surface area contributed by atoms with Crippen LogP contribution in [0.3, 0.4) is 0 Å². The summed E-state index contributed by atoms with van der Waals surface area (Å²) in [6, 6.07) is 19.0. The van der Waals surface area contributed by atoms with Gasteiger partial charge in [0.05, 0.1) is 35.3 Å². The lowest BCUT2D eigenvalue weighted by molar-refractivity contribution is -0.385. The smallest absolute Gasteiger partial charge is 0.333 e. The standard InChI is InChI=1S/C26H23N3O6/c1-3-13-34-26(30)25(28-20-11-9-18(16-27)10-12-20)21-14-23(33-2)24(15-22(21)29(31)32)35-17-19-7-5-4-6-8-19/h3-12,14-15,25,28H,1,13,17H2,2H3. The first-order valence-corrected chi connectivity index (χ1v) is 10.5. The Morgan fingerprint density at radius 1 is 1.17 bits per heavy atom. The fourth-order valence-electron chi connectivity index (χ4n) is 3.26. The number of benzene rings is 3. The number of hydrogen-bond acceptors (Lipinski definition) is 8. The van der Waals surface area contributed by atoms with Crippen molar-refractivity contribution < 1.29 is 23.9 Å². The zero-order valence-electron chi connectivity index (χ0n) is 19.0.